The number of nitrogens with zero attached hydrogens (tertiary/aromatic N) is 1. The number of halogens is 1. The molecular weight excluding hydrogens is 348 g/mol. The number of oxazole rings is 1. The van der Waals surface area contributed by atoms with Gasteiger partial charge in [0.15, 0.2) is 5.58 Å². The molecule has 0 aliphatic heterocycles. The van der Waals surface area contributed by atoms with Crippen LogP contribution < -0.4 is 5.32 Å². The van der Waals surface area contributed by atoms with Crippen molar-refractivity contribution in [3.63, 3.8) is 0 Å². The molecule has 1 amide bonds. The van der Waals surface area contributed by atoms with Crippen LogP contribution in [0.3, 0.4) is 0 Å². The van der Waals surface area contributed by atoms with E-state index in [1.54, 1.807) is 6.07 Å². The van der Waals surface area contributed by atoms with Gasteiger partial charge in [-0.1, -0.05) is 41.9 Å². The first-order valence-corrected chi connectivity index (χ1v) is 8.56. The number of benzene rings is 3. The van der Waals surface area contributed by atoms with Gasteiger partial charge >= 0.3 is 0 Å². The third-order valence-electron chi connectivity index (χ3n) is 4.02. The van der Waals surface area contributed by atoms with Crippen LogP contribution in [0.25, 0.3) is 22.6 Å². The van der Waals surface area contributed by atoms with Gasteiger partial charge in [-0.25, -0.2) is 4.98 Å². The number of aromatic nitrogens is 1. The Kier molecular flexibility index (Phi) is 4.42. The summed E-state index contributed by atoms with van der Waals surface area (Å²) in [6, 6.07) is 22.4. The second kappa shape index (κ2) is 7.02. The number of nitrogens with one attached hydrogen (secondary N) is 1. The standard InChI is InChI=1S/C21H15ClN2O2/c22-17-6-2-1-5-15(17)13-20(25)23-16-11-9-14(10-12-16)21-24-18-7-3-4-8-19(18)26-21/h1-12H,13H2,(H,23,25). The van der Waals surface area contributed by atoms with Gasteiger partial charge in [0, 0.05) is 16.3 Å². The van der Waals surface area contributed by atoms with Crippen LogP contribution in [0, 0.1) is 0 Å². The van der Waals surface area contributed by atoms with Crippen molar-refractivity contribution in [1.82, 2.24) is 4.98 Å². The van der Waals surface area contributed by atoms with E-state index in [4.69, 9.17) is 16.0 Å². The van der Waals surface area contributed by atoms with Crippen molar-refractivity contribution in [3.05, 3.63) is 83.4 Å². The molecule has 128 valence electrons. The Morgan fingerprint density at radius 2 is 1.69 bits per heavy atom. The fourth-order valence-corrected chi connectivity index (χ4v) is 2.91. The van der Waals surface area contributed by atoms with Gasteiger partial charge in [-0.2, -0.15) is 0 Å². The lowest BCUT2D eigenvalue weighted by molar-refractivity contribution is -0.115. The number of para-hydroxylation sites is 2. The summed E-state index contributed by atoms with van der Waals surface area (Å²) in [7, 11) is 0. The second-order valence-electron chi connectivity index (χ2n) is 5.88. The zero-order valence-corrected chi connectivity index (χ0v) is 14.5. The normalized spacial score (nSPS) is 10.8. The molecule has 4 nitrogen and oxygen atoms in total. The monoisotopic (exact) mass is 362 g/mol. The minimum atomic E-state index is -0.118. The molecule has 5 heteroatoms. The van der Waals surface area contributed by atoms with E-state index in [0.717, 1.165) is 22.2 Å². The van der Waals surface area contributed by atoms with E-state index in [1.165, 1.54) is 0 Å². The number of hydrogen-bond donors (Lipinski definition) is 1. The van der Waals surface area contributed by atoms with Crippen molar-refractivity contribution >= 4 is 34.3 Å². The third-order valence-corrected chi connectivity index (χ3v) is 4.39. The Morgan fingerprint density at radius 3 is 2.46 bits per heavy atom. The molecular formula is C21H15ClN2O2. The van der Waals surface area contributed by atoms with Gasteiger partial charge < -0.3 is 9.73 Å². The summed E-state index contributed by atoms with van der Waals surface area (Å²) in [5.74, 6) is 0.438. The Labute approximate surface area is 155 Å². The van der Waals surface area contributed by atoms with Gasteiger partial charge in [-0.3, -0.25) is 4.79 Å². The largest absolute Gasteiger partial charge is 0.436 e. The summed E-state index contributed by atoms with van der Waals surface area (Å²) in [6.07, 6.45) is 0.229. The fourth-order valence-electron chi connectivity index (χ4n) is 2.71. The van der Waals surface area contributed by atoms with E-state index in [0.29, 0.717) is 16.6 Å². The van der Waals surface area contributed by atoms with Crippen LogP contribution in [0.5, 0.6) is 0 Å². The summed E-state index contributed by atoms with van der Waals surface area (Å²) < 4.78 is 5.75. The summed E-state index contributed by atoms with van der Waals surface area (Å²) >= 11 is 6.10. The number of fused-ring (bicyclic) bond motifs is 1. The van der Waals surface area contributed by atoms with Gasteiger partial charge in [0.25, 0.3) is 0 Å². The van der Waals surface area contributed by atoms with Crippen LogP contribution in [-0.4, -0.2) is 10.9 Å². The van der Waals surface area contributed by atoms with E-state index >= 15 is 0 Å². The van der Waals surface area contributed by atoms with Crippen molar-refractivity contribution in [2.75, 3.05) is 5.32 Å². The molecule has 1 N–H and O–H groups in total. The third kappa shape index (κ3) is 3.46. The Morgan fingerprint density at radius 1 is 0.962 bits per heavy atom. The van der Waals surface area contributed by atoms with E-state index < -0.39 is 0 Å². The van der Waals surface area contributed by atoms with E-state index in [-0.39, 0.29) is 12.3 Å². The molecule has 3 aromatic carbocycles. The maximum absolute atomic E-state index is 12.2. The summed E-state index contributed by atoms with van der Waals surface area (Å²) in [5.41, 5.74) is 3.93. The quantitative estimate of drug-likeness (QED) is 0.534. The first-order chi connectivity index (χ1) is 12.7. The molecule has 0 spiro atoms. The number of carbonyl (C=O) groups excluding carboxylic acids is 1. The lowest BCUT2D eigenvalue weighted by Gasteiger charge is -2.07. The molecule has 1 aromatic heterocycles. The molecule has 26 heavy (non-hydrogen) atoms. The predicted octanol–water partition coefficient (Wildman–Crippen LogP) is 5.33. The minimum absolute atomic E-state index is 0.118. The molecule has 0 bridgehead atoms. The van der Waals surface area contributed by atoms with Crippen LogP contribution in [0.4, 0.5) is 5.69 Å². The number of rotatable bonds is 4. The SMILES string of the molecule is O=C(Cc1ccccc1Cl)Nc1ccc(-c2nc3ccccc3o2)cc1. The molecule has 0 atom stereocenters. The average molecular weight is 363 g/mol. The molecule has 0 aliphatic rings. The lowest BCUT2D eigenvalue weighted by atomic mass is 10.1. The topological polar surface area (TPSA) is 55.1 Å². The van der Waals surface area contributed by atoms with Crippen molar-refractivity contribution in [2.45, 2.75) is 6.42 Å². The minimum Gasteiger partial charge on any atom is -0.436 e. The number of anilines is 1. The summed E-state index contributed by atoms with van der Waals surface area (Å²) in [4.78, 5) is 16.7. The Balaban J connectivity index is 1.47. The molecule has 4 rings (SSSR count). The van der Waals surface area contributed by atoms with Crippen LogP contribution in [0.2, 0.25) is 5.02 Å². The van der Waals surface area contributed by atoms with Crippen LogP contribution in [0.15, 0.2) is 77.2 Å². The van der Waals surface area contributed by atoms with Crippen molar-refractivity contribution in [3.8, 4) is 11.5 Å². The highest BCUT2D eigenvalue weighted by Crippen LogP contribution is 2.25. The second-order valence-corrected chi connectivity index (χ2v) is 6.29. The number of hydrogen-bond acceptors (Lipinski definition) is 3. The zero-order chi connectivity index (χ0) is 17.9. The molecule has 0 saturated heterocycles. The summed E-state index contributed by atoms with van der Waals surface area (Å²) in [6.45, 7) is 0. The lowest BCUT2D eigenvalue weighted by Crippen LogP contribution is -2.14. The van der Waals surface area contributed by atoms with Crippen LogP contribution in [0.1, 0.15) is 5.56 Å². The highest BCUT2D eigenvalue weighted by atomic mass is 35.5. The average Bonchev–Trinajstić information content (AvgIpc) is 3.08. The molecule has 4 aromatic rings. The predicted molar refractivity (Wildman–Crippen MR) is 103 cm³/mol. The van der Waals surface area contributed by atoms with Crippen molar-refractivity contribution in [2.24, 2.45) is 0 Å². The molecule has 0 unspecified atom stereocenters. The maximum Gasteiger partial charge on any atom is 0.228 e. The van der Waals surface area contributed by atoms with Gasteiger partial charge in [-0.15, -0.1) is 0 Å². The van der Waals surface area contributed by atoms with E-state index in [2.05, 4.69) is 10.3 Å². The van der Waals surface area contributed by atoms with E-state index in [1.807, 2.05) is 66.7 Å². The first kappa shape index (κ1) is 16.4. The highest BCUT2D eigenvalue weighted by molar-refractivity contribution is 6.31. The van der Waals surface area contributed by atoms with Gasteiger partial charge in [0.2, 0.25) is 11.8 Å². The Hall–Kier alpha value is -3.11. The van der Waals surface area contributed by atoms with Crippen molar-refractivity contribution in [1.29, 1.82) is 0 Å². The smallest absolute Gasteiger partial charge is 0.228 e. The van der Waals surface area contributed by atoms with Gasteiger partial charge in [-0.05, 0) is 48.0 Å². The molecule has 0 aliphatic carbocycles. The Bertz CT molecular complexity index is 1040. The summed E-state index contributed by atoms with van der Waals surface area (Å²) in [5, 5.41) is 3.47. The van der Waals surface area contributed by atoms with Gasteiger partial charge in [0.05, 0.1) is 6.42 Å². The fraction of sp³-hybridized carbons (Fsp3) is 0.0476. The number of carbonyl (C=O) groups is 1. The molecule has 0 saturated carbocycles. The van der Waals surface area contributed by atoms with Crippen LogP contribution in [-0.2, 0) is 11.2 Å². The molecule has 1 heterocycles. The molecule has 0 fully saturated rings. The van der Waals surface area contributed by atoms with E-state index in [9.17, 15) is 4.79 Å². The first-order valence-electron chi connectivity index (χ1n) is 8.18. The highest BCUT2D eigenvalue weighted by Gasteiger charge is 2.09. The zero-order valence-electron chi connectivity index (χ0n) is 13.8. The number of amides is 1. The maximum atomic E-state index is 12.2. The van der Waals surface area contributed by atoms with Crippen LogP contribution >= 0.6 is 11.6 Å². The van der Waals surface area contributed by atoms with Crippen molar-refractivity contribution < 1.29 is 9.21 Å². The molecule has 0 radical (unpaired) electrons. The van der Waals surface area contributed by atoms with Gasteiger partial charge in [0.1, 0.15) is 5.52 Å².